The number of aliphatic hydroxyl groups excluding tert-OH is 1. The Morgan fingerprint density at radius 2 is 2.18 bits per heavy atom. The minimum Gasteiger partial charge on any atom is -0.394 e. The van der Waals surface area contributed by atoms with Crippen LogP contribution < -0.4 is 5.32 Å². The lowest BCUT2D eigenvalue weighted by molar-refractivity contribution is 0.266. The molecule has 1 heterocycles. The van der Waals surface area contributed by atoms with E-state index in [0.717, 1.165) is 29.4 Å². The first-order chi connectivity index (χ1) is 8.22. The molecule has 1 fully saturated rings. The highest BCUT2D eigenvalue weighted by Crippen LogP contribution is 2.39. The summed E-state index contributed by atoms with van der Waals surface area (Å²) in [6.07, 6.45) is 3.79. The fourth-order valence-electron chi connectivity index (χ4n) is 1.99. The molecule has 0 bridgehead atoms. The maximum atomic E-state index is 9.33. The number of rotatable bonds is 3. The van der Waals surface area contributed by atoms with E-state index in [2.05, 4.69) is 10.3 Å². The Balaban J connectivity index is 2.04. The number of halogens is 1. The lowest BCUT2D eigenvalue weighted by atomic mass is 10.1. The molecule has 1 aromatic heterocycles. The van der Waals surface area contributed by atoms with Crippen LogP contribution in [0.5, 0.6) is 0 Å². The Hall–Kier alpha value is -1.32. The second kappa shape index (κ2) is 3.86. The van der Waals surface area contributed by atoms with Crippen LogP contribution in [0.15, 0.2) is 30.5 Å². The zero-order valence-electron chi connectivity index (χ0n) is 9.28. The molecule has 0 unspecified atom stereocenters. The van der Waals surface area contributed by atoms with Gasteiger partial charge in [-0.15, -0.1) is 0 Å². The number of hydrogen-bond acceptors (Lipinski definition) is 3. The van der Waals surface area contributed by atoms with Gasteiger partial charge in [0.15, 0.2) is 0 Å². The lowest BCUT2D eigenvalue weighted by Gasteiger charge is -2.17. The summed E-state index contributed by atoms with van der Waals surface area (Å²) in [6, 6.07) is 7.60. The van der Waals surface area contributed by atoms with Gasteiger partial charge in [0.1, 0.15) is 0 Å². The summed E-state index contributed by atoms with van der Waals surface area (Å²) in [6.45, 7) is 0.171. The quantitative estimate of drug-likeness (QED) is 0.878. The smallest absolute Gasteiger partial charge is 0.0737 e. The minimum absolute atomic E-state index is 0.117. The van der Waals surface area contributed by atoms with Crippen molar-refractivity contribution in [3.05, 3.63) is 35.5 Å². The summed E-state index contributed by atoms with van der Waals surface area (Å²) in [5.74, 6) is 0. The van der Waals surface area contributed by atoms with Gasteiger partial charge in [-0.1, -0.05) is 11.6 Å². The van der Waals surface area contributed by atoms with Gasteiger partial charge >= 0.3 is 0 Å². The number of benzene rings is 1. The Kier molecular flexibility index (Phi) is 2.45. The SMILES string of the molecule is OCC1(Nc2ccnc3cc(Cl)ccc23)CC1. The van der Waals surface area contributed by atoms with Crippen molar-refractivity contribution < 1.29 is 5.11 Å². The maximum Gasteiger partial charge on any atom is 0.0737 e. The van der Waals surface area contributed by atoms with Crippen LogP contribution in [-0.4, -0.2) is 22.2 Å². The predicted octanol–water partition coefficient (Wildman–Crippen LogP) is 2.83. The van der Waals surface area contributed by atoms with Crippen LogP contribution >= 0.6 is 11.6 Å². The number of fused-ring (bicyclic) bond motifs is 1. The van der Waals surface area contributed by atoms with E-state index in [-0.39, 0.29) is 12.1 Å². The molecule has 0 aliphatic heterocycles. The molecule has 0 radical (unpaired) electrons. The van der Waals surface area contributed by atoms with Crippen molar-refractivity contribution in [3.8, 4) is 0 Å². The van der Waals surface area contributed by atoms with Crippen molar-refractivity contribution in [2.24, 2.45) is 0 Å². The fourth-order valence-corrected chi connectivity index (χ4v) is 2.16. The van der Waals surface area contributed by atoms with Crippen molar-refractivity contribution in [2.75, 3.05) is 11.9 Å². The molecule has 1 saturated carbocycles. The number of pyridine rings is 1. The van der Waals surface area contributed by atoms with Gasteiger partial charge in [0.2, 0.25) is 0 Å². The van der Waals surface area contributed by atoms with Gasteiger partial charge in [-0.05, 0) is 37.1 Å². The highest BCUT2D eigenvalue weighted by Gasteiger charge is 2.42. The number of aromatic nitrogens is 1. The first kappa shape index (κ1) is 10.8. The van der Waals surface area contributed by atoms with E-state index in [9.17, 15) is 5.11 Å². The Labute approximate surface area is 104 Å². The average molecular weight is 249 g/mol. The van der Waals surface area contributed by atoms with Crippen molar-refractivity contribution in [1.82, 2.24) is 4.98 Å². The summed E-state index contributed by atoms with van der Waals surface area (Å²) in [7, 11) is 0. The van der Waals surface area contributed by atoms with Crippen LogP contribution in [0.2, 0.25) is 5.02 Å². The summed E-state index contributed by atoms with van der Waals surface area (Å²) in [4.78, 5) is 4.29. The van der Waals surface area contributed by atoms with Gasteiger partial charge in [-0.3, -0.25) is 4.98 Å². The van der Waals surface area contributed by atoms with Crippen molar-refractivity contribution in [2.45, 2.75) is 18.4 Å². The number of nitrogens with one attached hydrogen (secondary N) is 1. The number of nitrogens with zero attached hydrogens (tertiary/aromatic N) is 1. The number of anilines is 1. The van der Waals surface area contributed by atoms with Crippen LogP contribution in [0.4, 0.5) is 5.69 Å². The molecule has 0 atom stereocenters. The molecule has 1 aliphatic rings. The van der Waals surface area contributed by atoms with Gasteiger partial charge in [-0.25, -0.2) is 0 Å². The van der Waals surface area contributed by atoms with Crippen LogP contribution in [0, 0.1) is 0 Å². The number of aliphatic hydroxyl groups is 1. The molecule has 3 rings (SSSR count). The van der Waals surface area contributed by atoms with Gasteiger partial charge in [0.25, 0.3) is 0 Å². The molecule has 1 aromatic carbocycles. The lowest BCUT2D eigenvalue weighted by Crippen LogP contribution is -2.25. The fraction of sp³-hybridized carbons (Fsp3) is 0.308. The van der Waals surface area contributed by atoms with E-state index < -0.39 is 0 Å². The molecule has 0 amide bonds. The zero-order chi connectivity index (χ0) is 11.9. The van der Waals surface area contributed by atoms with E-state index >= 15 is 0 Å². The van der Waals surface area contributed by atoms with E-state index in [4.69, 9.17) is 11.6 Å². The third kappa shape index (κ3) is 1.96. The summed E-state index contributed by atoms with van der Waals surface area (Å²) in [5, 5.41) is 14.5. The van der Waals surface area contributed by atoms with Crippen molar-refractivity contribution in [1.29, 1.82) is 0 Å². The number of hydrogen-bond donors (Lipinski definition) is 2. The molecule has 88 valence electrons. The highest BCUT2D eigenvalue weighted by atomic mass is 35.5. The second-order valence-corrected chi connectivity index (χ2v) is 5.02. The molecule has 2 aromatic rings. The monoisotopic (exact) mass is 248 g/mol. The first-order valence-electron chi connectivity index (χ1n) is 5.66. The van der Waals surface area contributed by atoms with Crippen LogP contribution in [0.3, 0.4) is 0 Å². The molecule has 4 heteroatoms. The largest absolute Gasteiger partial charge is 0.394 e. The normalized spacial score (nSPS) is 17.1. The molecular formula is C13H13ClN2O. The Morgan fingerprint density at radius 3 is 2.88 bits per heavy atom. The van der Waals surface area contributed by atoms with E-state index in [0.29, 0.717) is 5.02 Å². The van der Waals surface area contributed by atoms with E-state index in [1.807, 2.05) is 24.3 Å². The third-order valence-corrected chi connectivity index (χ3v) is 3.50. The standard InChI is InChI=1S/C13H13ClN2O/c14-9-1-2-10-11(3-6-15-12(10)7-9)16-13(8-17)4-5-13/h1-3,6-7,17H,4-5,8H2,(H,15,16). The molecule has 3 nitrogen and oxygen atoms in total. The van der Waals surface area contributed by atoms with Gasteiger partial charge in [0.05, 0.1) is 17.7 Å². The third-order valence-electron chi connectivity index (χ3n) is 3.26. The van der Waals surface area contributed by atoms with Crippen LogP contribution in [0.1, 0.15) is 12.8 Å². The topological polar surface area (TPSA) is 45.1 Å². The minimum atomic E-state index is -0.117. The predicted molar refractivity (Wildman–Crippen MR) is 69.4 cm³/mol. The molecule has 2 N–H and O–H groups in total. The van der Waals surface area contributed by atoms with Crippen molar-refractivity contribution >= 4 is 28.2 Å². The molecule has 1 aliphatic carbocycles. The van der Waals surface area contributed by atoms with Gasteiger partial charge in [0, 0.05) is 22.3 Å². The summed E-state index contributed by atoms with van der Waals surface area (Å²) in [5.41, 5.74) is 1.77. The molecule has 0 spiro atoms. The van der Waals surface area contributed by atoms with Gasteiger partial charge in [-0.2, -0.15) is 0 Å². The average Bonchev–Trinajstić information content (AvgIpc) is 3.09. The zero-order valence-corrected chi connectivity index (χ0v) is 10.0. The summed E-state index contributed by atoms with van der Waals surface area (Å²) >= 11 is 5.94. The molecule has 17 heavy (non-hydrogen) atoms. The summed E-state index contributed by atoms with van der Waals surface area (Å²) < 4.78 is 0. The second-order valence-electron chi connectivity index (χ2n) is 4.58. The highest BCUT2D eigenvalue weighted by molar-refractivity contribution is 6.31. The van der Waals surface area contributed by atoms with Gasteiger partial charge < -0.3 is 10.4 Å². The Bertz CT molecular complexity index is 566. The maximum absolute atomic E-state index is 9.33. The van der Waals surface area contributed by atoms with E-state index in [1.54, 1.807) is 6.20 Å². The van der Waals surface area contributed by atoms with Crippen LogP contribution in [-0.2, 0) is 0 Å². The first-order valence-corrected chi connectivity index (χ1v) is 6.04. The van der Waals surface area contributed by atoms with E-state index in [1.165, 1.54) is 0 Å². The molecular weight excluding hydrogens is 236 g/mol. The van der Waals surface area contributed by atoms with Crippen LogP contribution in [0.25, 0.3) is 10.9 Å². The van der Waals surface area contributed by atoms with Crippen molar-refractivity contribution in [3.63, 3.8) is 0 Å². The molecule has 0 saturated heterocycles. The Morgan fingerprint density at radius 1 is 1.35 bits per heavy atom.